The summed E-state index contributed by atoms with van der Waals surface area (Å²) in [4.78, 5) is 13.6. The molecule has 118 valence electrons. The van der Waals surface area contributed by atoms with Crippen molar-refractivity contribution in [1.29, 1.82) is 5.26 Å². The van der Waals surface area contributed by atoms with E-state index in [1.54, 1.807) is 17.0 Å². The first kappa shape index (κ1) is 16.1. The zero-order chi connectivity index (χ0) is 16.7. The third-order valence-electron chi connectivity index (χ3n) is 3.85. The summed E-state index contributed by atoms with van der Waals surface area (Å²) >= 11 is 18.3. The van der Waals surface area contributed by atoms with E-state index in [4.69, 9.17) is 34.8 Å². The van der Waals surface area contributed by atoms with Crippen LogP contribution < -0.4 is 4.90 Å². The average molecular weight is 370 g/mol. The van der Waals surface area contributed by atoms with E-state index in [9.17, 15) is 10.1 Å². The largest absolute Gasteiger partial charge is 0.292 e. The monoisotopic (exact) mass is 368 g/mol. The molecule has 0 bridgehead atoms. The fraction of sp³-hybridized carbons (Fsp3) is 0.267. The Morgan fingerprint density at radius 1 is 1.35 bits per heavy atom. The van der Waals surface area contributed by atoms with Gasteiger partial charge in [0, 0.05) is 12.5 Å². The van der Waals surface area contributed by atoms with Gasteiger partial charge in [-0.25, -0.2) is 4.68 Å². The Labute approximate surface area is 148 Å². The maximum absolute atomic E-state index is 12.1. The maximum atomic E-state index is 12.1. The Morgan fingerprint density at radius 3 is 2.70 bits per heavy atom. The molecule has 0 spiro atoms. The molecule has 2 heterocycles. The number of halogens is 3. The van der Waals surface area contributed by atoms with Gasteiger partial charge in [-0.3, -0.25) is 9.69 Å². The van der Waals surface area contributed by atoms with Crippen molar-refractivity contribution in [3.63, 3.8) is 0 Å². The molecule has 1 aromatic carbocycles. The number of benzene rings is 1. The van der Waals surface area contributed by atoms with Gasteiger partial charge in [0.1, 0.15) is 11.6 Å². The second-order valence-corrected chi connectivity index (χ2v) is 6.29. The summed E-state index contributed by atoms with van der Waals surface area (Å²) in [5.74, 6) is 0.363. The Bertz CT molecular complexity index is 840. The molecule has 1 fully saturated rings. The second kappa shape index (κ2) is 6.04. The molecule has 1 aromatic heterocycles. The van der Waals surface area contributed by atoms with Crippen LogP contribution in [0.2, 0.25) is 15.1 Å². The average Bonchev–Trinajstić information content (AvgIpc) is 2.93. The minimum Gasteiger partial charge on any atom is -0.292 e. The van der Waals surface area contributed by atoms with Gasteiger partial charge in [-0.05, 0) is 18.6 Å². The minimum atomic E-state index is -0.0497. The zero-order valence-electron chi connectivity index (χ0n) is 12.1. The lowest BCUT2D eigenvalue weighted by atomic mass is 9.99. The lowest BCUT2D eigenvalue weighted by Gasteiger charge is -2.40. The molecule has 8 heteroatoms. The van der Waals surface area contributed by atoms with Crippen LogP contribution in [0, 0.1) is 11.3 Å². The number of β-lactam (4-membered cyclic amide) rings is 1. The van der Waals surface area contributed by atoms with Crippen LogP contribution in [-0.4, -0.2) is 21.7 Å². The number of anilines is 1. The summed E-state index contributed by atoms with van der Waals surface area (Å²) in [6.45, 7) is 1.99. The quantitative estimate of drug-likeness (QED) is 0.601. The Balaban J connectivity index is 2.19. The van der Waals surface area contributed by atoms with E-state index in [1.165, 1.54) is 10.9 Å². The van der Waals surface area contributed by atoms with Crippen LogP contribution in [0.1, 0.15) is 25.3 Å². The zero-order valence-corrected chi connectivity index (χ0v) is 14.3. The topological polar surface area (TPSA) is 61.9 Å². The van der Waals surface area contributed by atoms with E-state index < -0.39 is 0 Å². The van der Waals surface area contributed by atoms with Gasteiger partial charge in [0.25, 0.3) is 0 Å². The fourth-order valence-corrected chi connectivity index (χ4v) is 3.22. The number of nitrogens with zero attached hydrogens (tertiary/aromatic N) is 4. The van der Waals surface area contributed by atoms with Gasteiger partial charge < -0.3 is 0 Å². The van der Waals surface area contributed by atoms with Crippen LogP contribution in [0.25, 0.3) is 5.69 Å². The summed E-state index contributed by atoms with van der Waals surface area (Å²) in [5, 5.41) is 14.3. The predicted molar refractivity (Wildman–Crippen MR) is 89.5 cm³/mol. The van der Waals surface area contributed by atoms with Crippen molar-refractivity contribution in [2.75, 3.05) is 4.90 Å². The molecular weight excluding hydrogens is 359 g/mol. The normalized spacial score (nSPS) is 17.1. The summed E-state index contributed by atoms with van der Waals surface area (Å²) in [5.41, 5.74) is 0.769. The van der Waals surface area contributed by atoms with E-state index in [1.807, 2.05) is 6.92 Å². The minimum absolute atomic E-state index is 0.0478. The van der Waals surface area contributed by atoms with Gasteiger partial charge in [-0.1, -0.05) is 41.7 Å². The number of rotatable bonds is 3. The van der Waals surface area contributed by atoms with Crippen LogP contribution in [0.4, 0.5) is 5.82 Å². The van der Waals surface area contributed by atoms with Gasteiger partial charge in [-0.15, -0.1) is 0 Å². The molecule has 5 nitrogen and oxygen atoms in total. The maximum Gasteiger partial charge on any atom is 0.230 e. The van der Waals surface area contributed by atoms with Crippen molar-refractivity contribution < 1.29 is 4.79 Å². The van der Waals surface area contributed by atoms with Crippen molar-refractivity contribution in [3.05, 3.63) is 39.0 Å². The first-order valence-corrected chi connectivity index (χ1v) is 8.07. The Hall–Kier alpha value is -1.74. The molecule has 23 heavy (non-hydrogen) atoms. The lowest BCUT2D eigenvalue weighted by Crippen LogP contribution is -2.53. The lowest BCUT2D eigenvalue weighted by molar-refractivity contribution is -0.124. The van der Waals surface area contributed by atoms with E-state index in [-0.39, 0.29) is 22.0 Å². The number of hydrogen-bond donors (Lipinski definition) is 0. The first-order valence-electron chi connectivity index (χ1n) is 6.93. The number of carbonyl (C=O) groups excluding carboxylic acids is 1. The third kappa shape index (κ3) is 2.47. The molecule has 3 rings (SSSR count). The standard InChI is InChI=1S/C15H11Cl3N4O/c1-2-9-5-12(23)21(9)15-8(6-19)7-20-22(15)11-4-3-10(16)13(17)14(11)18/h3-4,7,9H,2,5H2,1H3. The Kier molecular flexibility index (Phi) is 4.24. The predicted octanol–water partition coefficient (Wildman–Crippen LogP) is 4.22. The summed E-state index contributed by atoms with van der Waals surface area (Å²) < 4.78 is 1.46. The molecule has 1 aliphatic rings. The molecule has 1 saturated heterocycles. The number of aromatic nitrogens is 2. The van der Waals surface area contributed by atoms with Crippen molar-refractivity contribution in [2.24, 2.45) is 0 Å². The molecule has 0 radical (unpaired) electrons. The Morgan fingerprint density at radius 2 is 2.09 bits per heavy atom. The highest BCUT2D eigenvalue weighted by molar-refractivity contribution is 6.48. The van der Waals surface area contributed by atoms with Crippen LogP contribution in [0.5, 0.6) is 0 Å². The van der Waals surface area contributed by atoms with Gasteiger partial charge >= 0.3 is 0 Å². The van der Waals surface area contributed by atoms with Crippen molar-refractivity contribution in [3.8, 4) is 11.8 Å². The van der Waals surface area contributed by atoms with Crippen molar-refractivity contribution in [1.82, 2.24) is 9.78 Å². The molecule has 1 atom stereocenters. The molecule has 2 aromatic rings. The van der Waals surface area contributed by atoms with E-state index >= 15 is 0 Å². The smallest absolute Gasteiger partial charge is 0.230 e. The van der Waals surface area contributed by atoms with E-state index in [2.05, 4.69) is 11.2 Å². The van der Waals surface area contributed by atoms with Gasteiger partial charge in [0.15, 0.2) is 5.82 Å². The van der Waals surface area contributed by atoms with Gasteiger partial charge in [0.05, 0.1) is 27.0 Å². The highest BCUT2D eigenvalue weighted by Gasteiger charge is 2.39. The fourth-order valence-electron chi connectivity index (χ4n) is 2.61. The van der Waals surface area contributed by atoms with Crippen LogP contribution in [-0.2, 0) is 4.79 Å². The molecular formula is C15H11Cl3N4O. The molecule has 0 saturated carbocycles. The van der Waals surface area contributed by atoms with Crippen LogP contribution in [0.15, 0.2) is 18.3 Å². The molecule has 0 N–H and O–H groups in total. The summed E-state index contributed by atoms with van der Waals surface area (Å²) in [7, 11) is 0. The highest BCUT2D eigenvalue weighted by atomic mass is 35.5. The number of nitriles is 1. The number of carbonyl (C=O) groups is 1. The summed E-state index contributed by atoms with van der Waals surface area (Å²) in [6.07, 6.45) is 2.66. The van der Waals surface area contributed by atoms with E-state index in [0.717, 1.165) is 6.42 Å². The summed E-state index contributed by atoms with van der Waals surface area (Å²) in [6, 6.07) is 5.36. The van der Waals surface area contributed by atoms with Crippen molar-refractivity contribution in [2.45, 2.75) is 25.8 Å². The number of hydrogen-bond acceptors (Lipinski definition) is 3. The molecule has 1 aliphatic heterocycles. The van der Waals surface area contributed by atoms with Crippen LogP contribution in [0.3, 0.4) is 0 Å². The highest BCUT2D eigenvalue weighted by Crippen LogP contribution is 2.39. The first-order chi connectivity index (χ1) is 11.0. The second-order valence-electron chi connectivity index (χ2n) is 5.13. The molecule has 0 aliphatic carbocycles. The molecule has 1 amide bonds. The van der Waals surface area contributed by atoms with Crippen LogP contribution >= 0.6 is 34.8 Å². The van der Waals surface area contributed by atoms with E-state index in [0.29, 0.717) is 28.5 Å². The van der Waals surface area contributed by atoms with Gasteiger partial charge in [-0.2, -0.15) is 10.4 Å². The SMILES string of the molecule is CCC1CC(=O)N1c1c(C#N)cnn1-c1ccc(Cl)c(Cl)c1Cl. The third-order valence-corrected chi connectivity index (χ3v) is 5.13. The van der Waals surface area contributed by atoms with Gasteiger partial charge in [0.2, 0.25) is 5.91 Å². The van der Waals surface area contributed by atoms with Crippen molar-refractivity contribution >= 4 is 46.5 Å². The number of amides is 1. The molecule has 1 unspecified atom stereocenters.